The number of hydrogen-bond donors (Lipinski definition) is 0. The highest BCUT2D eigenvalue weighted by molar-refractivity contribution is 6.96. The van der Waals surface area contributed by atoms with Crippen LogP contribution >= 0.6 is 0 Å². The lowest BCUT2D eigenvalue weighted by Gasteiger charge is -2.15. The third-order valence-electron chi connectivity index (χ3n) is 2.09. The molecular weight excluding hydrogens is 232 g/mol. The number of hydrogen-bond acceptors (Lipinski definition) is 2. The van der Waals surface area contributed by atoms with Crippen LogP contribution in [0.1, 0.15) is 0 Å². The van der Waals surface area contributed by atoms with Gasteiger partial charge in [0.15, 0.2) is 0 Å². The molecule has 0 atom stereocenters. The Labute approximate surface area is 99.9 Å². The molecule has 0 spiro atoms. The second kappa shape index (κ2) is 5.53. The minimum atomic E-state index is -1.52. The molecule has 0 unspecified atom stereocenters. The van der Waals surface area contributed by atoms with Crippen molar-refractivity contribution in [1.82, 2.24) is 0 Å². The van der Waals surface area contributed by atoms with Gasteiger partial charge < -0.3 is 8.85 Å². The van der Waals surface area contributed by atoms with E-state index in [1.165, 1.54) is 0 Å². The van der Waals surface area contributed by atoms with Crippen LogP contribution in [0.4, 0.5) is 0 Å². The lowest BCUT2D eigenvalue weighted by molar-refractivity contribution is 0.448. The van der Waals surface area contributed by atoms with Crippen molar-refractivity contribution in [1.29, 1.82) is 0 Å². The predicted octanol–water partition coefficient (Wildman–Crippen LogP) is 1.23. The Bertz CT molecular complexity index is 378. The molecule has 0 aromatic heterocycles. The Morgan fingerprint density at radius 2 is 1.06 bits per heavy atom. The SMILES string of the molecule is [SiH3][SiH](Oc1ccccc1)Oc1ccccc1. The van der Waals surface area contributed by atoms with Gasteiger partial charge in [-0.3, -0.25) is 0 Å². The van der Waals surface area contributed by atoms with Gasteiger partial charge in [-0.15, -0.1) is 0 Å². The quantitative estimate of drug-likeness (QED) is 0.756. The summed E-state index contributed by atoms with van der Waals surface area (Å²) in [6.07, 6.45) is 0. The standard InChI is InChI=1S/C12H14O2Si2/c15-16(13-11-7-3-1-4-8-11)14-12-9-5-2-6-10-12/h1-10,16H,15H3. The Kier molecular flexibility index (Phi) is 3.79. The maximum atomic E-state index is 5.80. The molecule has 0 saturated heterocycles. The van der Waals surface area contributed by atoms with Gasteiger partial charge in [0.25, 0.3) is 0 Å². The molecule has 0 aliphatic rings. The molecule has 2 aromatic rings. The van der Waals surface area contributed by atoms with Crippen molar-refractivity contribution < 1.29 is 8.85 Å². The van der Waals surface area contributed by atoms with Crippen LogP contribution in [0.25, 0.3) is 0 Å². The van der Waals surface area contributed by atoms with Crippen molar-refractivity contribution in [3.63, 3.8) is 0 Å². The van der Waals surface area contributed by atoms with E-state index in [0.717, 1.165) is 21.3 Å². The van der Waals surface area contributed by atoms with Gasteiger partial charge in [-0.25, -0.2) is 0 Å². The first-order valence-electron chi connectivity index (χ1n) is 5.28. The zero-order chi connectivity index (χ0) is 11.2. The molecule has 0 saturated carbocycles. The summed E-state index contributed by atoms with van der Waals surface area (Å²) in [6, 6.07) is 19.7. The van der Waals surface area contributed by atoms with Crippen molar-refractivity contribution in [2.45, 2.75) is 0 Å². The Morgan fingerprint density at radius 3 is 1.44 bits per heavy atom. The van der Waals surface area contributed by atoms with Crippen molar-refractivity contribution >= 4 is 18.6 Å². The lowest BCUT2D eigenvalue weighted by atomic mass is 10.3. The predicted molar refractivity (Wildman–Crippen MR) is 71.2 cm³/mol. The average Bonchev–Trinajstić information content (AvgIpc) is 2.31. The monoisotopic (exact) mass is 246 g/mol. The second-order valence-electron chi connectivity index (χ2n) is 3.43. The summed E-state index contributed by atoms with van der Waals surface area (Å²) < 4.78 is 11.6. The molecule has 0 bridgehead atoms. The van der Waals surface area contributed by atoms with E-state index in [2.05, 4.69) is 0 Å². The van der Waals surface area contributed by atoms with Crippen LogP contribution in [0.3, 0.4) is 0 Å². The zero-order valence-electron chi connectivity index (χ0n) is 9.17. The third-order valence-corrected chi connectivity index (χ3v) is 4.71. The largest absolute Gasteiger partial charge is 0.517 e. The summed E-state index contributed by atoms with van der Waals surface area (Å²) >= 11 is 0. The van der Waals surface area contributed by atoms with E-state index in [1.54, 1.807) is 0 Å². The summed E-state index contributed by atoms with van der Waals surface area (Å²) in [5.74, 6) is 1.81. The zero-order valence-corrected chi connectivity index (χ0v) is 12.3. The van der Waals surface area contributed by atoms with Crippen LogP contribution in [0.15, 0.2) is 60.7 Å². The fourth-order valence-electron chi connectivity index (χ4n) is 1.41. The summed E-state index contributed by atoms with van der Waals surface area (Å²) in [4.78, 5) is 0. The molecule has 0 N–H and O–H groups in total. The maximum absolute atomic E-state index is 5.80. The molecule has 2 rings (SSSR count). The fraction of sp³-hybridized carbons (Fsp3) is 0. The van der Waals surface area contributed by atoms with Gasteiger partial charge in [-0.2, -0.15) is 0 Å². The molecule has 4 heteroatoms. The highest BCUT2D eigenvalue weighted by atomic mass is 29.2. The van der Waals surface area contributed by atoms with Gasteiger partial charge in [0.1, 0.15) is 11.5 Å². The molecule has 0 radical (unpaired) electrons. The van der Waals surface area contributed by atoms with Crippen LogP contribution in [0.2, 0.25) is 0 Å². The van der Waals surface area contributed by atoms with E-state index >= 15 is 0 Å². The average molecular weight is 246 g/mol. The van der Waals surface area contributed by atoms with Gasteiger partial charge in [0, 0.05) is 0 Å². The van der Waals surface area contributed by atoms with Crippen molar-refractivity contribution in [2.24, 2.45) is 0 Å². The minimum absolute atomic E-state index is 0.907. The van der Waals surface area contributed by atoms with E-state index in [9.17, 15) is 0 Å². The van der Waals surface area contributed by atoms with E-state index in [-0.39, 0.29) is 0 Å². The summed E-state index contributed by atoms with van der Waals surface area (Å²) in [5.41, 5.74) is 0. The molecule has 0 amide bonds. The molecular formula is C12H14O2Si2. The smallest absolute Gasteiger partial charge is 0.404 e. The van der Waals surface area contributed by atoms with E-state index in [4.69, 9.17) is 8.85 Å². The Balaban J connectivity index is 1.92. The van der Waals surface area contributed by atoms with Gasteiger partial charge in [0.05, 0.1) is 9.76 Å². The Morgan fingerprint density at radius 1 is 0.688 bits per heavy atom. The van der Waals surface area contributed by atoms with Gasteiger partial charge in [0.2, 0.25) is 0 Å². The van der Waals surface area contributed by atoms with E-state index < -0.39 is 8.80 Å². The maximum Gasteiger partial charge on any atom is 0.404 e. The fourth-order valence-corrected chi connectivity index (χ4v) is 4.17. The molecule has 0 heterocycles. The van der Waals surface area contributed by atoms with E-state index in [0.29, 0.717) is 0 Å². The molecule has 2 nitrogen and oxygen atoms in total. The van der Waals surface area contributed by atoms with Crippen LogP contribution in [0.5, 0.6) is 11.5 Å². The summed E-state index contributed by atoms with van der Waals surface area (Å²) in [5, 5.41) is 0. The second-order valence-corrected chi connectivity index (χ2v) is 7.86. The number of para-hydroxylation sites is 2. The number of benzene rings is 2. The third kappa shape index (κ3) is 3.25. The molecule has 16 heavy (non-hydrogen) atoms. The van der Waals surface area contributed by atoms with E-state index in [1.807, 2.05) is 60.7 Å². The molecule has 2 aromatic carbocycles. The van der Waals surface area contributed by atoms with Gasteiger partial charge in [-0.1, -0.05) is 36.4 Å². The Hall–Kier alpha value is -1.53. The molecule has 0 fully saturated rings. The first-order chi connectivity index (χ1) is 7.84. The molecule has 0 aliphatic heterocycles. The van der Waals surface area contributed by atoms with Crippen molar-refractivity contribution in [2.75, 3.05) is 0 Å². The van der Waals surface area contributed by atoms with Crippen LogP contribution in [-0.2, 0) is 0 Å². The minimum Gasteiger partial charge on any atom is -0.517 e. The van der Waals surface area contributed by atoms with Crippen LogP contribution in [0, 0.1) is 0 Å². The van der Waals surface area contributed by atoms with Crippen molar-refractivity contribution in [3.8, 4) is 11.5 Å². The van der Waals surface area contributed by atoms with Gasteiger partial charge >= 0.3 is 8.80 Å². The first kappa shape index (κ1) is 11.0. The van der Waals surface area contributed by atoms with Crippen LogP contribution in [-0.4, -0.2) is 18.6 Å². The molecule has 82 valence electrons. The first-order valence-corrected chi connectivity index (χ1v) is 10.8. The molecule has 0 aliphatic carbocycles. The van der Waals surface area contributed by atoms with Gasteiger partial charge in [-0.05, 0) is 24.3 Å². The van der Waals surface area contributed by atoms with Crippen molar-refractivity contribution in [3.05, 3.63) is 60.7 Å². The highest BCUT2D eigenvalue weighted by Gasteiger charge is 2.08. The topological polar surface area (TPSA) is 18.5 Å². The summed E-state index contributed by atoms with van der Waals surface area (Å²) in [6.45, 7) is 0. The lowest BCUT2D eigenvalue weighted by Crippen LogP contribution is -2.30. The van der Waals surface area contributed by atoms with Crippen LogP contribution < -0.4 is 8.85 Å². The number of rotatable bonds is 4. The normalized spacial score (nSPS) is 10.3. The summed E-state index contributed by atoms with van der Waals surface area (Å²) in [7, 11) is -0.563. The highest BCUT2D eigenvalue weighted by Crippen LogP contribution is 2.12.